The van der Waals surface area contributed by atoms with Gasteiger partial charge >= 0.3 is 0 Å². The van der Waals surface area contributed by atoms with Crippen molar-refractivity contribution in [2.24, 2.45) is 0 Å². The zero-order chi connectivity index (χ0) is 17.1. The third kappa shape index (κ3) is 3.58. The molecule has 2 aromatic carbocycles. The number of hydrogen-bond acceptors (Lipinski definition) is 4. The number of aliphatic hydroxyl groups excluding tert-OH is 1. The monoisotopic (exact) mass is 336 g/mol. The molecule has 0 spiro atoms. The number of fused-ring (bicyclic) bond motifs is 1. The summed E-state index contributed by atoms with van der Waals surface area (Å²) in [7, 11) is 0. The summed E-state index contributed by atoms with van der Waals surface area (Å²) in [6.45, 7) is 6.24. The molecule has 1 aliphatic rings. The first-order valence-corrected chi connectivity index (χ1v) is 8.90. The second-order valence-electron chi connectivity index (χ2n) is 6.61. The average molecular weight is 336 g/mol. The van der Waals surface area contributed by atoms with Crippen molar-refractivity contribution in [2.75, 3.05) is 39.3 Å². The Morgan fingerprint density at radius 1 is 0.880 bits per heavy atom. The van der Waals surface area contributed by atoms with Gasteiger partial charge in [-0.3, -0.25) is 14.4 Å². The van der Waals surface area contributed by atoms with E-state index in [1.54, 1.807) is 0 Å². The SMILES string of the molecule is OCCN1CCN(Cc2ccc(-n3cnc4ccccc43)cc2)CC1. The van der Waals surface area contributed by atoms with Crippen molar-refractivity contribution >= 4 is 11.0 Å². The molecule has 130 valence electrons. The first kappa shape index (κ1) is 16.3. The highest BCUT2D eigenvalue weighted by Gasteiger charge is 2.16. The van der Waals surface area contributed by atoms with Crippen LogP contribution < -0.4 is 0 Å². The summed E-state index contributed by atoms with van der Waals surface area (Å²) >= 11 is 0. The molecular weight excluding hydrogens is 312 g/mol. The fourth-order valence-corrected chi connectivity index (χ4v) is 3.50. The molecule has 0 saturated carbocycles. The van der Waals surface area contributed by atoms with E-state index in [1.807, 2.05) is 24.5 Å². The van der Waals surface area contributed by atoms with E-state index in [0.29, 0.717) is 0 Å². The van der Waals surface area contributed by atoms with Crippen LogP contribution in [0.25, 0.3) is 16.7 Å². The maximum Gasteiger partial charge on any atom is 0.100 e. The largest absolute Gasteiger partial charge is 0.395 e. The van der Waals surface area contributed by atoms with Gasteiger partial charge in [0.1, 0.15) is 6.33 Å². The van der Waals surface area contributed by atoms with Crippen LogP contribution >= 0.6 is 0 Å². The average Bonchev–Trinajstić information content (AvgIpc) is 3.08. The molecule has 0 atom stereocenters. The standard InChI is InChI=1S/C20H24N4O/c25-14-13-22-9-11-23(12-10-22)15-17-5-7-18(8-6-17)24-16-21-19-3-1-2-4-20(19)24/h1-8,16,25H,9-15H2. The van der Waals surface area contributed by atoms with Gasteiger partial charge in [-0.15, -0.1) is 0 Å². The van der Waals surface area contributed by atoms with Gasteiger partial charge < -0.3 is 5.11 Å². The number of aliphatic hydroxyl groups is 1. The molecule has 1 aromatic heterocycles. The predicted octanol–water partition coefficient (Wildman–Crippen LogP) is 2.14. The van der Waals surface area contributed by atoms with Gasteiger partial charge in [-0.25, -0.2) is 4.98 Å². The van der Waals surface area contributed by atoms with Gasteiger partial charge in [-0.2, -0.15) is 0 Å². The zero-order valence-corrected chi connectivity index (χ0v) is 14.4. The summed E-state index contributed by atoms with van der Waals surface area (Å²) < 4.78 is 2.13. The Hall–Kier alpha value is -2.21. The van der Waals surface area contributed by atoms with Gasteiger partial charge in [0.25, 0.3) is 0 Å². The van der Waals surface area contributed by atoms with E-state index in [-0.39, 0.29) is 6.61 Å². The Kier molecular flexibility index (Phi) is 4.78. The molecule has 25 heavy (non-hydrogen) atoms. The van der Waals surface area contributed by atoms with Crippen LogP contribution in [0.1, 0.15) is 5.56 Å². The smallest absolute Gasteiger partial charge is 0.100 e. The number of piperazine rings is 1. The number of benzene rings is 2. The highest BCUT2D eigenvalue weighted by atomic mass is 16.3. The molecule has 1 saturated heterocycles. The summed E-state index contributed by atoms with van der Waals surface area (Å²) in [6, 6.07) is 17.0. The topological polar surface area (TPSA) is 44.5 Å². The Labute approximate surface area is 148 Å². The quantitative estimate of drug-likeness (QED) is 0.775. The van der Waals surface area contributed by atoms with Crippen LogP contribution in [0, 0.1) is 0 Å². The summed E-state index contributed by atoms with van der Waals surface area (Å²) in [5.74, 6) is 0. The molecule has 5 nitrogen and oxygen atoms in total. The maximum absolute atomic E-state index is 9.03. The van der Waals surface area contributed by atoms with Crippen LogP contribution in [0.2, 0.25) is 0 Å². The summed E-state index contributed by atoms with van der Waals surface area (Å²) in [4.78, 5) is 9.27. The number of hydrogen-bond donors (Lipinski definition) is 1. The normalized spacial score (nSPS) is 16.5. The van der Waals surface area contributed by atoms with E-state index in [1.165, 1.54) is 5.56 Å². The molecule has 3 aromatic rings. The van der Waals surface area contributed by atoms with Crippen LogP contribution in [-0.4, -0.2) is 63.8 Å². The van der Waals surface area contributed by atoms with Gasteiger partial charge in [-0.1, -0.05) is 24.3 Å². The van der Waals surface area contributed by atoms with Gasteiger partial charge in [0.2, 0.25) is 0 Å². The summed E-state index contributed by atoms with van der Waals surface area (Å²) in [6.07, 6.45) is 1.89. The molecule has 1 fully saturated rings. The van der Waals surface area contributed by atoms with Gasteiger partial charge in [0, 0.05) is 45.0 Å². The van der Waals surface area contributed by atoms with Gasteiger partial charge in [-0.05, 0) is 29.8 Å². The highest BCUT2D eigenvalue weighted by Crippen LogP contribution is 2.19. The Bertz CT molecular complexity index is 819. The second-order valence-corrected chi connectivity index (χ2v) is 6.61. The van der Waals surface area contributed by atoms with Crippen molar-refractivity contribution in [1.29, 1.82) is 0 Å². The molecule has 1 N–H and O–H groups in total. The molecule has 0 radical (unpaired) electrons. The van der Waals surface area contributed by atoms with Crippen LogP contribution in [0.3, 0.4) is 0 Å². The minimum absolute atomic E-state index is 0.254. The predicted molar refractivity (Wildman–Crippen MR) is 99.9 cm³/mol. The highest BCUT2D eigenvalue weighted by molar-refractivity contribution is 5.77. The van der Waals surface area contributed by atoms with Crippen molar-refractivity contribution in [3.05, 3.63) is 60.4 Å². The first-order chi connectivity index (χ1) is 12.3. The molecule has 2 heterocycles. The van der Waals surface area contributed by atoms with E-state index in [9.17, 15) is 0 Å². The van der Waals surface area contributed by atoms with Crippen LogP contribution in [0.15, 0.2) is 54.9 Å². The van der Waals surface area contributed by atoms with Crippen molar-refractivity contribution in [2.45, 2.75) is 6.54 Å². The molecule has 0 unspecified atom stereocenters. The van der Waals surface area contributed by atoms with E-state index in [2.05, 4.69) is 49.7 Å². The number of β-amino-alcohol motifs (C(OH)–C–C–N with tert-alkyl or cyclic N) is 1. The van der Waals surface area contributed by atoms with Gasteiger partial charge in [0.05, 0.1) is 17.6 Å². The number of rotatable bonds is 5. The van der Waals surface area contributed by atoms with E-state index < -0.39 is 0 Å². The first-order valence-electron chi connectivity index (χ1n) is 8.90. The third-order valence-electron chi connectivity index (χ3n) is 4.96. The fourth-order valence-electron chi connectivity index (χ4n) is 3.50. The number of nitrogens with zero attached hydrogens (tertiary/aromatic N) is 4. The number of imidazole rings is 1. The van der Waals surface area contributed by atoms with Crippen molar-refractivity contribution in [3.63, 3.8) is 0 Å². The molecule has 4 rings (SSSR count). The minimum Gasteiger partial charge on any atom is -0.395 e. The van der Waals surface area contributed by atoms with Crippen molar-refractivity contribution in [1.82, 2.24) is 19.4 Å². The Morgan fingerprint density at radius 3 is 2.36 bits per heavy atom. The van der Waals surface area contributed by atoms with Crippen molar-refractivity contribution < 1.29 is 5.11 Å². The number of para-hydroxylation sites is 2. The third-order valence-corrected chi connectivity index (χ3v) is 4.96. The lowest BCUT2D eigenvalue weighted by atomic mass is 10.1. The Morgan fingerprint density at radius 2 is 1.60 bits per heavy atom. The lowest BCUT2D eigenvalue weighted by Gasteiger charge is -2.34. The van der Waals surface area contributed by atoms with Crippen molar-refractivity contribution in [3.8, 4) is 5.69 Å². The lowest BCUT2D eigenvalue weighted by molar-refractivity contribution is 0.108. The summed E-state index contributed by atoms with van der Waals surface area (Å²) in [5.41, 5.74) is 4.64. The maximum atomic E-state index is 9.03. The molecule has 5 heteroatoms. The van der Waals surface area contributed by atoms with Crippen LogP contribution in [0.5, 0.6) is 0 Å². The van der Waals surface area contributed by atoms with E-state index >= 15 is 0 Å². The molecule has 0 bridgehead atoms. The lowest BCUT2D eigenvalue weighted by Crippen LogP contribution is -2.46. The van der Waals surface area contributed by atoms with E-state index in [0.717, 1.165) is 56.0 Å². The molecule has 0 aliphatic carbocycles. The van der Waals surface area contributed by atoms with Crippen LogP contribution in [0.4, 0.5) is 0 Å². The minimum atomic E-state index is 0.254. The number of aromatic nitrogens is 2. The fraction of sp³-hybridized carbons (Fsp3) is 0.350. The van der Waals surface area contributed by atoms with Gasteiger partial charge in [0.15, 0.2) is 0 Å². The van der Waals surface area contributed by atoms with E-state index in [4.69, 9.17) is 5.11 Å². The molecular formula is C20H24N4O. The summed E-state index contributed by atoms with van der Waals surface area (Å²) in [5, 5.41) is 9.03. The molecule has 1 aliphatic heterocycles. The molecule has 0 amide bonds. The zero-order valence-electron chi connectivity index (χ0n) is 14.4. The van der Waals surface area contributed by atoms with Crippen LogP contribution in [-0.2, 0) is 6.54 Å². The Balaban J connectivity index is 1.42. The second kappa shape index (κ2) is 7.35.